The van der Waals surface area contributed by atoms with Gasteiger partial charge in [0.1, 0.15) is 0 Å². The lowest BCUT2D eigenvalue weighted by Crippen LogP contribution is -2.42. The fourth-order valence-electron chi connectivity index (χ4n) is 2.07. The Morgan fingerprint density at radius 3 is 2.88 bits per heavy atom. The van der Waals surface area contributed by atoms with Crippen LogP contribution < -0.4 is 11.1 Å². The summed E-state index contributed by atoms with van der Waals surface area (Å²) in [6.07, 6.45) is 2.30. The SMILES string of the molecule is NC1CCN(CCNCc2sccc2Br)CC1. The molecule has 1 aliphatic rings. The number of nitrogens with one attached hydrogen (secondary N) is 1. The van der Waals surface area contributed by atoms with Gasteiger partial charge in [0.05, 0.1) is 0 Å². The third-order valence-electron chi connectivity index (χ3n) is 3.21. The van der Waals surface area contributed by atoms with Crippen molar-refractivity contribution < 1.29 is 0 Å². The van der Waals surface area contributed by atoms with Crippen LogP contribution in [-0.2, 0) is 6.54 Å². The molecule has 0 radical (unpaired) electrons. The number of hydrogen-bond acceptors (Lipinski definition) is 4. The molecule has 0 amide bonds. The van der Waals surface area contributed by atoms with Gasteiger partial charge >= 0.3 is 0 Å². The van der Waals surface area contributed by atoms with Crippen molar-refractivity contribution in [1.82, 2.24) is 10.2 Å². The van der Waals surface area contributed by atoms with Gasteiger partial charge in [-0.15, -0.1) is 11.3 Å². The number of piperidine rings is 1. The van der Waals surface area contributed by atoms with Crippen molar-refractivity contribution in [2.75, 3.05) is 26.2 Å². The molecule has 0 aliphatic carbocycles. The van der Waals surface area contributed by atoms with E-state index >= 15 is 0 Å². The second kappa shape index (κ2) is 6.85. The molecule has 3 N–H and O–H groups in total. The fraction of sp³-hybridized carbons (Fsp3) is 0.667. The zero-order valence-electron chi connectivity index (χ0n) is 9.99. The summed E-state index contributed by atoms with van der Waals surface area (Å²) in [5.74, 6) is 0. The van der Waals surface area contributed by atoms with Gasteiger partial charge in [0.2, 0.25) is 0 Å². The molecule has 2 rings (SSSR count). The number of rotatable bonds is 5. The molecule has 1 aromatic rings. The lowest BCUT2D eigenvalue weighted by Gasteiger charge is -2.29. The Balaban J connectivity index is 1.59. The van der Waals surface area contributed by atoms with E-state index in [-0.39, 0.29) is 0 Å². The van der Waals surface area contributed by atoms with Gasteiger partial charge in [0, 0.05) is 35.0 Å². The Labute approximate surface area is 116 Å². The van der Waals surface area contributed by atoms with Crippen molar-refractivity contribution in [2.45, 2.75) is 25.4 Å². The highest BCUT2D eigenvalue weighted by atomic mass is 79.9. The smallest absolute Gasteiger partial charge is 0.0327 e. The quantitative estimate of drug-likeness (QED) is 0.816. The van der Waals surface area contributed by atoms with Crippen molar-refractivity contribution in [2.24, 2.45) is 5.73 Å². The maximum Gasteiger partial charge on any atom is 0.0327 e. The molecular formula is C12H20BrN3S. The topological polar surface area (TPSA) is 41.3 Å². The molecule has 0 atom stereocenters. The van der Waals surface area contributed by atoms with Crippen molar-refractivity contribution in [3.8, 4) is 0 Å². The minimum absolute atomic E-state index is 0.432. The number of halogens is 1. The highest BCUT2D eigenvalue weighted by Crippen LogP contribution is 2.21. The Morgan fingerprint density at radius 1 is 1.47 bits per heavy atom. The maximum atomic E-state index is 5.89. The molecular weight excluding hydrogens is 298 g/mol. The first-order valence-electron chi connectivity index (χ1n) is 6.16. The summed E-state index contributed by atoms with van der Waals surface area (Å²) in [7, 11) is 0. The van der Waals surface area contributed by atoms with Crippen molar-refractivity contribution in [1.29, 1.82) is 0 Å². The van der Waals surface area contributed by atoms with Crippen LogP contribution in [-0.4, -0.2) is 37.1 Å². The van der Waals surface area contributed by atoms with Gasteiger partial charge in [-0.3, -0.25) is 0 Å². The summed E-state index contributed by atoms with van der Waals surface area (Å²) >= 11 is 5.34. The largest absolute Gasteiger partial charge is 0.328 e. The number of hydrogen-bond donors (Lipinski definition) is 2. The molecule has 96 valence electrons. The van der Waals surface area contributed by atoms with Gasteiger partial charge in [-0.05, 0) is 53.3 Å². The average molecular weight is 318 g/mol. The lowest BCUT2D eigenvalue weighted by molar-refractivity contribution is 0.213. The molecule has 2 heterocycles. The Bertz CT molecular complexity index is 334. The van der Waals surface area contributed by atoms with Crippen LogP contribution in [0.2, 0.25) is 0 Å². The molecule has 1 aliphatic heterocycles. The molecule has 3 nitrogen and oxygen atoms in total. The molecule has 5 heteroatoms. The van der Waals surface area contributed by atoms with E-state index in [2.05, 4.69) is 37.6 Å². The van der Waals surface area contributed by atoms with Gasteiger partial charge in [0.25, 0.3) is 0 Å². The standard InChI is InChI=1S/C12H20BrN3S/c13-11-3-8-17-12(11)9-15-4-7-16-5-1-10(14)2-6-16/h3,8,10,15H,1-2,4-7,9,14H2. The third kappa shape index (κ3) is 4.34. The summed E-state index contributed by atoms with van der Waals surface area (Å²) < 4.78 is 1.22. The van der Waals surface area contributed by atoms with Gasteiger partial charge in [-0.1, -0.05) is 0 Å². The molecule has 0 saturated carbocycles. The van der Waals surface area contributed by atoms with E-state index in [4.69, 9.17) is 5.73 Å². The molecule has 0 bridgehead atoms. The van der Waals surface area contributed by atoms with E-state index < -0.39 is 0 Å². The molecule has 1 aromatic heterocycles. The van der Waals surface area contributed by atoms with Crippen molar-refractivity contribution >= 4 is 27.3 Å². The van der Waals surface area contributed by atoms with Gasteiger partial charge < -0.3 is 16.0 Å². The summed E-state index contributed by atoms with van der Waals surface area (Å²) in [6, 6.07) is 2.54. The first-order chi connectivity index (χ1) is 8.25. The first kappa shape index (κ1) is 13.5. The van der Waals surface area contributed by atoms with Crippen LogP contribution in [0.5, 0.6) is 0 Å². The van der Waals surface area contributed by atoms with Crippen LogP contribution in [0.25, 0.3) is 0 Å². The van der Waals surface area contributed by atoms with Gasteiger partial charge in [-0.2, -0.15) is 0 Å². The van der Waals surface area contributed by atoms with Crippen molar-refractivity contribution in [3.63, 3.8) is 0 Å². The number of nitrogens with two attached hydrogens (primary N) is 1. The second-order valence-electron chi connectivity index (χ2n) is 4.55. The van der Waals surface area contributed by atoms with Crippen molar-refractivity contribution in [3.05, 3.63) is 20.8 Å². The van der Waals surface area contributed by atoms with Crippen LogP contribution in [0.15, 0.2) is 15.9 Å². The minimum atomic E-state index is 0.432. The summed E-state index contributed by atoms with van der Waals surface area (Å²) in [5.41, 5.74) is 5.89. The Hall–Kier alpha value is 0.0600. The van der Waals surface area contributed by atoms with Crippen LogP contribution in [0.4, 0.5) is 0 Å². The predicted molar refractivity (Wildman–Crippen MR) is 77.4 cm³/mol. The highest BCUT2D eigenvalue weighted by molar-refractivity contribution is 9.10. The lowest BCUT2D eigenvalue weighted by atomic mass is 10.1. The average Bonchev–Trinajstić information content (AvgIpc) is 2.73. The first-order valence-corrected chi connectivity index (χ1v) is 7.83. The zero-order valence-corrected chi connectivity index (χ0v) is 12.4. The molecule has 0 spiro atoms. The van der Waals surface area contributed by atoms with Crippen LogP contribution in [0.1, 0.15) is 17.7 Å². The van der Waals surface area contributed by atoms with E-state index in [1.165, 1.54) is 9.35 Å². The minimum Gasteiger partial charge on any atom is -0.328 e. The number of thiophene rings is 1. The van der Waals surface area contributed by atoms with E-state index in [0.29, 0.717) is 6.04 Å². The van der Waals surface area contributed by atoms with E-state index in [0.717, 1.165) is 45.6 Å². The molecule has 1 fully saturated rings. The van der Waals surface area contributed by atoms with E-state index in [1.807, 2.05) is 0 Å². The second-order valence-corrected chi connectivity index (χ2v) is 6.40. The number of nitrogens with zero attached hydrogens (tertiary/aromatic N) is 1. The Kier molecular flexibility index (Phi) is 5.44. The van der Waals surface area contributed by atoms with E-state index in [1.54, 1.807) is 11.3 Å². The zero-order chi connectivity index (χ0) is 12.1. The van der Waals surface area contributed by atoms with Gasteiger partial charge in [0.15, 0.2) is 0 Å². The monoisotopic (exact) mass is 317 g/mol. The Morgan fingerprint density at radius 2 is 2.24 bits per heavy atom. The molecule has 0 aromatic carbocycles. The summed E-state index contributed by atoms with van der Waals surface area (Å²) in [5, 5.41) is 5.61. The molecule has 1 saturated heterocycles. The molecule has 0 unspecified atom stereocenters. The van der Waals surface area contributed by atoms with E-state index in [9.17, 15) is 0 Å². The normalized spacial score (nSPS) is 18.7. The maximum absolute atomic E-state index is 5.89. The van der Waals surface area contributed by atoms with Crippen LogP contribution in [0.3, 0.4) is 0 Å². The third-order valence-corrected chi connectivity index (χ3v) is 5.14. The molecule has 17 heavy (non-hydrogen) atoms. The summed E-state index contributed by atoms with van der Waals surface area (Å²) in [6.45, 7) is 5.47. The predicted octanol–water partition coefficient (Wildman–Crippen LogP) is 2.02. The summed E-state index contributed by atoms with van der Waals surface area (Å²) in [4.78, 5) is 3.88. The van der Waals surface area contributed by atoms with Gasteiger partial charge in [-0.25, -0.2) is 0 Å². The highest BCUT2D eigenvalue weighted by Gasteiger charge is 2.14. The number of likely N-dealkylation sites (tertiary alicyclic amines) is 1. The fourth-order valence-corrected chi connectivity index (χ4v) is 3.53. The van der Waals surface area contributed by atoms with Crippen LogP contribution >= 0.6 is 27.3 Å². The van der Waals surface area contributed by atoms with Crippen LogP contribution in [0, 0.1) is 0 Å².